The summed E-state index contributed by atoms with van der Waals surface area (Å²) in [7, 11) is 0. The monoisotopic (exact) mass is 279 g/mol. The normalized spacial score (nSPS) is 9.65. The molecule has 0 amide bonds. The van der Waals surface area contributed by atoms with Crippen LogP contribution in [-0.4, -0.2) is 24.2 Å². The second kappa shape index (κ2) is 10.3. The second-order valence-electron chi connectivity index (χ2n) is 4.77. The van der Waals surface area contributed by atoms with Crippen molar-refractivity contribution in [3.63, 3.8) is 0 Å². The second-order valence-corrected chi connectivity index (χ2v) is 4.77. The highest BCUT2D eigenvalue weighted by atomic mass is 16.4. The molecule has 3 nitrogen and oxygen atoms in total. The summed E-state index contributed by atoms with van der Waals surface area (Å²) in [5.74, 6) is -0.716. The van der Waals surface area contributed by atoms with Gasteiger partial charge in [0.1, 0.15) is 0 Å². The molecule has 0 unspecified atom stereocenters. The number of aryl methyl sites for hydroxylation is 2. The Morgan fingerprint density at radius 3 is 2.35 bits per heavy atom. The molecular weight excluding hydrogens is 250 g/mol. The number of hydrogen-bond donors (Lipinski definition) is 1. The van der Waals surface area contributed by atoms with E-state index < -0.39 is 5.97 Å². The van der Waals surface area contributed by atoms with E-state index in [2.05, 4.69) is 43.9 Å². The van der Waals surface area contributed by atoms with Crippen LogP contribution in [0.1, 0.15) is 51.2 Å². The molecule has 0 spiro atoms. The van der Waals surface area contributed by atoms with Gasteiger partial charge in [-0.25, -0.2) is 0 Å². The van der Waals surface area contributed by atoms with E-state index in [1.54, 1.807) is 0 Å². The third-order valence-corrected chi connectivity index (χ3v) is 3.01. The molecule has 0 saturated heterocycles. The molecule has 0 heterocycles. The van der Waals surface area contributed by atoms with E-state index in [9.17, 15) is 4.79 Å². The van der Waals surface area contributed by atoms with Crippen molar-refractivity contribution in [1.29, 1.82) is 0 Å². The molecule has 1 rings (SSSR count). The van der Waals surface area contributed by atoms with Crippen LogP contribution < -0.4 is 4.90 Å². The number of benzene rings is 1. The number of carbonyl (C=O) groups is 1. The van der Waals surface area contributed by atoms with E-state index in [0.717, 1.165) is 19.5 Å². The highest BCUT2D eigenvalue weighted by Crippen LogP contribution is 2.21. The van der Waals surface area contributed by atoms with Crippen molar-refractivity contribution in [3.8, 4) is 0 Å². The maximum Gasteiger partial charge on any atom is 0.303 e. The average molecular weight is 279 g/mol. The fourth-order valence-corrected chi connectivity index (χ4v) is 2.20. The summed E-state index contributed by atoms with van der Waals surface area (Å²) in [5.41, 5.74) is 3.75. The number of carboxylic acids is 1. The summed E-state index contributed by atoms with van der Waals surface area (Å²) in [4.78, 5) is 12.9. The van der Waals surface area contributed by atoms with E-state index in [4.69, 9.17) is 5.11 Å². The Hall–Kier alpha value is -1.51. The molecule has 0 bridgehead atoms. The summed E-state index contributed by atoms with van der Waals surface area (Å²) in [6.45, 7) is 12.1. The number of nitrogens with zero attached hydrogens (tertiary/aromatic N) is 1. The van der Waals surface area contributed by atoms with Crippen LogP contribution in [0.15, 0.2) is 18.2 Å². The molecule has 0 fully saturated rings. The lowest BCUT2D eigenvalue weighted by atomic mass is 10.1. The summed E-state index contributed by atoms with van der Waals surface area (Å²) < 4.78 is 0. The zero-order chi connectivity index (χ0) is 15.5. The van der Waals surface area contributed by atoms with Gasteiger partial charge in [0.25, 0.3) is 0 Å². The largest absolute Gasteiger partial charge is 0.481 e. The number of hydrogen-bond acceptors (Lipinski definition) is 2. The summed E-state index contributed by atoms with van der Waals surface area (Å²) in [6, 6.07) is 6.43. The van der Waals surface area contributed by atoms with E-state index in [-0.39, 0.29) is 6.42 Å². The lowest BCUT2D eigenvalue weighted by Gasteiger charge is -2.26. The van der Waals surface area contributed by atoms with Crippen LogP contribution in [-0.2, 0) is 4.79 Å². The van der Waals surface area contributed by atoms with Gasteiger partial charge in [-0.05, 0) is 38.3 Å². The van der Waals surface area contributed by atoms with Gasteiger partial charge in [0, 0.05) is 25.2 Å². The van der Waals surface area contributed by atoms with Crippen LogP contribution in [0.25, 0.3) is 0 Å². The van der Waals surface area contributed by atoms with Crippen LogP contribution in [0.5, 0.6) is 0 Å². The highest BCUT2D eigenvalue weighted by Gasteiger charge is 2.09. The Bertz CT molecular complexity index is 402. The smallest absolute Gasteiger partial charge is 0.303 e. The molecule has 0 aliphatic rings. The SMILES string of the molecule is CC.CCCN(CCCC(=O)O)c1ccc(C)cc1C. The van der Waals surface area contributed by atoms with E-state index in [1.165, 1.54) is 16.8 Å². The van der Waals surface area contributed by atoms with Crippen molar-refractivity contribution in [2.75, 3.05) is 18.0 Å². The van der Waals surface area contributed by atoms with Gasteiger partial charge in [-0.1, -0.05) is 38.5 Å². The van der Waals surface area contributed by atoms with Crippen LogP contribution in [0, 0.1) is 13.8 Å². The van der Waals surface area contributed by atoms with Gasteiger partial charge in [-0.15, -0.1) is 0 Å². The molecule has 0 saturated carbocycles. The van der Waals surface area contributed by atoms with E-state index in [0.29, 0.717) is 6.42 Å². The molecule has 0 radical (unpaired) electrons. The maximum atomic E-state index is 10.6. The molecule has 0 aromatic heterocycles. The summed E-state index contributed by atoms with van der Waals surface area (Å²) >= 11 is 0. The Kier molecular flexibility index (Phi) is 9.52. The quantitative estimate of drug-likeness (QED) is 0.803. The molecule has 0 atom stereocenters. The zero-order valence-corrected chi connectivity index (χ0v) is 13.6. The first-order valence-electron chi connectivity index (χ1n) is 7.58. The third-order valence-electron chi connectivity index (χ3n) is 3.01. The molecular formula is C17H29NO2. The van der Waals surface area contributed by atoms with Crippen LogP contribution in [0.2, 0.25) is 0 Å². The number of carboxylic acid groups (broad SMARTS) is 1. The predicted molar refractivity (Wildman–Crippen MR) is 86.6 cm³/mol. The summed E-state index contributed by atoms with van der Waals surface area (Å²) in [5, 5.41) is 8.70. The first kappa shape index (κ1) is 18.5. The topological polar surface area (TPSA) is 40.5 Å². The van der Waals surface area contributed by atoms with Gasteiger partial charge in [0.15, 0.2) is 0 Å². The summed E-state index contributed by atoms with van der Waals surface area (Å²) in [6.07, 6.45) is 2.01. The predicted octanol–water partition coefficient (Wildman–Crippen LogP) is 4.41. The lowest BCUT2D eigenvalue weighted by molar-refractivity contribution is -0.137. The van der Waals surface area contributed by atoms with Crippen molar-refractivity contribution in [1.82, 2.24) is 0 Å². The van der Waals surface area contributed by atoms with Crippen LogP contribution in [0.3, 0.4) is 0 Å². The molecule has 1 N–H and O–H groups in total. The van der Waals surface area contributed by atoms with Crippen LogP contribution in [0.4, 0.5) is 5.69 Å². The van der Waals surface area contributed by atoms with Crippen molar-refractivity contribution in [3.05, 3.63) is 29.3 Å². The average Bonchev–Trinajstić information content (AvgIpc) is 2.40. The first-order valence-corrected chi connectivity index (χ1v) is 7.58. The fraction of sp³-hybridized carbons (Fsp3) is 0.588. The molecule has 1 aromatic rings. The van der Waals surface area contributed by atoms with Crippen molar-refractivity contribution in [2.24, 2.45) is 0 Å². The van der Waals surface area contributed by atoms with E-state index in [1.807, 2.05) is 13.8 Å². The van der Waals surface area contributed by atoms with Crippen LogP contribution >= 0.6 is 0 Å². The standard InChI is InChI=1S/C15H23NO2.C2H6/c1-4-9-16(10-5-6-15(17)18)14-8-7-12(2)11-13(14)3;1-2/h7-8,11H,4-6,9-10H2,1-3H3,(H,17,18);1-2H3. The van der Waals surface area contributed by atoms with E-state index >= 15 is 0 Å². The van der Waals surface area contributed by atoms with Crippen molar-refractivity contribution >= 4 is 11.7 Å². The highest BCUT2D eigenvalue weighted by molar-refractivity contribution is 5.66. The van der Waals surface area contributed by atoms with Gasteiger partial charge in [0.05, 0.1) is 0 Å². The Balaban J connectivity index is 0.00000172. The van der Waals surface area contributed by atoms with Crippen molar-refractivity contribution < 1.29 is 9.90 Å². The van der Waals surface area contributed by atoms with Gasteiger partial charge < -0.3 is 10.0 Å². The molecule has 114 valence electrons. The molecule has 1 aromatic carbocycles. The van der Waals surface area contributed by atoms with Gasteiger partial charge in [-0.3, -0.25) is 4.79 Å². The van der Waals surface area contributed by atoms with Gasteiger partial charge in [0.2, 0.25) is 0 Å². The number of anilines is 1. The minimum absolute atomic E-state index is 0.241. The Morgan fingerprint density at radius 1 is 1.20 bits per heavy atom. The Labute approximate surface area is 123 Å². The van der Waals surface area contributed by atoms with Gasteiger partial charge >= 0.3 is 5.97 Å². The van der Waals surface area contributed by atoms with Crippen molar-refractivity contribution in [2.45, 2.75) is 53.9 Å². The van der Waals surface area contributed by atoms with Gasteiger partial charge in [-0.2, -0.15) is 0 Å². The minimum Gasteiger partial charge on any atom is -0.481 e. The number of aliphatic carboxylic acids is 1. The number of rotatable bonds is 7. The molecule has 0 aliphatic carbocycles. The third kappa shape index (κ3) is 6.60. The molecule has 20 heavy (non-hydrogen) atoms. The maximum absolute atomic E-state index is 10.6. The Morgan fingerprint density at radius 2 is 1.85 bits per heavy atom. The lowest BCUT2D eigenvalue weighted by Crippen LogP contribution is -2.26. The zero-order valence-electron chi connectivity index (χ0n) is 13.6. The fourth-order valence-electron chi connectivity index (χ4n) is 2.20. The molecule has 3 heteroatoms. The first-order chi connectivity index (χ1) is 9.54. The minimum atomic E-state index is -0.716. The molecule has 0 aliphatic heterocycles.